The van der Waals surface area contributed by atoms with Gasteiger partial charge in [0.25, 0.3) is 0 Å². The SMILES string of the molecule is NC(N)(C(=O)O)C(c1ccc(O)cc1)c1ccc(O)cc1. The van der Waals surface area contributed by atoms with E-state index in [9.17, 15) is 20.1 Å². The standard InChI is InChI=1S/C15H16N2O4/c16-15(17,14(20)21)13(9-1-5-11(18)6-2-9)10-3-7-12(19)8-4-10/h1-8,13,18-19H,16-17H2,(H,20,21). The van der Waals surface area contributed by atoms with Gasteiger partial charge in [-0.2, -0.15) is 0 Å². The van der Waals surface area contributed by atoms with Crippen molar-refractivity contribution in [3.8, 4) is 11.5 Å². The Morgan fingerprint density at radius 3 is 1.48 bits per heavy atom. The summed E-state index contributed by atoms with van der Waals surface area (Å²) in [5.74, 6) is -2.08. The van der Waals surface area contributed by atoms with Crippen LogP contribution in [-0.2, 0) is 4.79 Å². The van der Waals surface area contributed by atoms with Gasteiger partial charge in [0.2, 0.25) is 0 Å². The third-order valence-corrected chi connectivity index (χ3v) is 3.30. The molecule has 0 saturated carbocycles. The molecule has 7 N–H and O–H groups in total. The fraction of sp³-hybridized carbons (Fsp3) is 0.133. The molecule has 0 aliphatic heterocycles. The van der Waals surface area contributed by atoms with Crippen LogP contribution in [0, 0.1) is 0 Å². The molecule has 0 radical (unpaired) electrons. The van der Waals surface area contributed by atoms with Crippen molar-refractivity contribution in [2.75, 3.05) is 0 Å². The number of benzene rings is 2. The molecule has 0 aliphatic rings. The summed E-state index contributed by atoms with van der Waals surface area (Å²) < 4.78 is 0. The first-order chi connectivity index (χ1) is 9.82. The number of hydrogen-bond acceptors (Lipinski definition) is 5. The molecule has 0 aromatic heterocycles. The van der Waals surface area contributed by atoms with Gasteiger partial charge < -0.3 is 26.8 Å². The zero-order valence-electron chi connectivity index (χ0n) is 11.1. The Labute approximate surface area is 121 Å². The van der Waals surface area contributed by atoms with E-state index < -0.39 is 17.6 Å². The van der Waals surface area contributed by atoms with Crippen molar-refractivity contribution in [2.24, 2.45) is 11.5 Å². The minimum absolute atomic E-state index is 0.0539. The minimum atomic E-state index is -2.03. The summed E-state index contributed by atoms with van der Waals surface area (Å²) in [6.45, 7) is 0. The predicted octanol–water partition coefficient (Wildman–Crippen LogP) is 0.928. The molecule has 0 aliphatic carbocycles. The van der Waals surface area contributed by atoms with Crippen molar-refractivity contribution in [3.05, 3.63) is 59.7 Å². The van der Waals surface area contributed by atoms with E-state index in [0.717, 1.165) is 0 Å². The van der Waals surface area contributed by atoms with Gasteiger partial charge in [0, 0.05) is 0 Å². The van der Waals surface area contributed by atoms with Crippen molar-refractivity contribution < 1.29 is 20.1 Å². The van der Waals surface area contributed by atoms with Gasteiger partial charge in [-0.05, 0) is 35.4 Å². The molecule has 0 spiro atoms. The van der Waals surface area contributed by atoms with E-state index in [1.807, 2.05) is 0 Å². The van der Waals surface area contributed by atoms with Crippen LogP contribution in [-0.4, -0.2) is 27.0 Å². The Balaban J connectivity index is 2.56. The number of hydrogen-bond donors (Lipinski definition) is 5. The average Bonchev–Trinajstić information content (AvgIpc) is 2.43. The maximum Gasteiger partial charge on any atom is 0.339 e. The van der Waals surface area contributed by atoms with Gasteiger partial charge in [-0.25, -0.2) is 4.79 Å². The molecule has 0 fully saturated rings. The fourth-order valence-electron chi connectivity index (χ4n) is 2.20. The highest BCUT2D eigenvalue weighted by Crippen LogP contribution is 2.33. The highest BCUT2D eigenvalue weighted by molar-refractivity contribution is 5.80. The lowest BCUT2D eigenvalue weighted by atomic mass is 9.81. The van der Waals surface area contributed by atoms with Crippen LogP contribution >= 0.6 is 0 Å². The molecule has 0 heterocycles. The van der Waals surface area contributed by atoms with Crippen LogP contribution in [0.4, 0.5) is 0 Å². The molecule has 6 heteroatoms. The summed E-state index contributed by atoms with van der Waals surface area (Å²) >= 11 is 0. The second kappa shape index (κ2) is 5.43. The number of aromatic hydroxyl groups is 2. The number of carboxylic acid groups (broad SMARTS) is 1. The Morgan fingerprint density at radius 2 is 1.19 bits per heavy atom. The first kappa shape index (κ1) is 14.8. The Kier molecular flexibility index (Phi) is 3.84. The van der Waals surface area contributed by atoms with Crippen LogP contribution in [0.5, 0.6) is 11.5 Å². The molecule has 2 rings (SSSR count). The van der Waals surface area contributed by atoms with Crippen LogP contribution in [0.15, 0.2) is 48.5 Å². The maximum atomic E-state index is 11.4. The Bertz CT molecular complexity index is 590. The Hall–Kier alpha value is -2.57. The van der Waals surface area contributed by atoms with Gasteiger partial charge in [-0.1, -0.05) is 24.3 Å². The molecule has 0 saturated heterocycles. The summed E-state index contributed by atoms with van der Waals surface area (Å²) in [6.07, 6.45) is 0. The molecule has 0 bridgehead atoms. The van der Waals surface area contributed by atoms with E-state index in [4.69, 9.17) is 11.5 Å². The van der Waals surface area contributed by atoms with E-state index >= 15 is 0 Å². The Morgan fingerprint density at radius 1 is 0.857 bits per heavy atom. The lowest BCUT2D eigenvalue weighted by Gasteiger charge is -2.30. The number of phenolic OH excluding ortho intramolecular Hbond substituents is 2. The minimum Gasteiger partial charge on any atom is -0.508 e. The van der Waals surface area contributed by atoms with Crippen molar-refractivity contribution in [3.63, 3.8) is 0 Å². The van der Waals surface area contributed by atoms with Crippen molar-refractivity contribution in [1.29, 1.82) is 0 Å². The second-order valence-corrected chi connectivity index (χ2v) is 4.85. The molecule has 6 nitrogen and oxygen atoms in total. The van der Waals surface area contributed by atoms with E-state index in [2.05, 4.69) is 0 Å². The normalized spacial score (nSPS) is 11.6. The molecule has 2 aromatic rings. The highest BCUT2D eigenvalue weighted by Gasteiger charge is 2.40. The van der Waals surface area contributed by atoms with Crippen molar-refractivity contribution in [2.45, 2.75) is 11.6 Å². The largest absolute Gasteiger partial charge is 0.508 e. The molecule has 0 unspecified atom stereocenters. The topological polar surface area (TPSA) is 130 Å². The van der Waals surface area contributed by atoms with Crippen LogP contribution in [0.3, 0.4) is 0 Å². The third-order valence-electron chi connectivity index (χ3n) is 3.30. The number of nitrogens with two attached hydrogens (primary N) is 2. The molecule has 0 amide bonds. The second-order valence-electron chi connectivity index (χ2n) is 4.85. The predicted molar refractivity (Wildman–Crippen MR) is 76.8 cm³/mol. The summed E-state index contributed by atoms with van der Waals surface area (Å²) in [5, 5.41) is 28.0. The maximum absolute atomic E-state index is 11.4. The number of aliphatic carboxylic acids is 1. The molecule has 2 aromatic carbocycles. The summed E-state index contributed by atoms with van der Waals surface area (Å²) in [4.78, 5) is 11.4. The lowest BCUT2D eigenvalue weighted by Crippen LogP contribution is -2.60. The number of carbonyl (C=O) groups is 1. The number of rotatable bonds is 4. The summed E-state index contributed by atoms with van der Waals surface area (Å²) in [5.41, 5.74) is 10.7. The third kappa shape index (κ3) is 2.96. The van der Waals surface area contributed by atoms with Gasteiger partial charge in [0.05, 0.1) is 5.92 Å². The van der Waals surface area contributed by atoms with E-state index in [0.29, 0.717) is 11.1 Å². The molecule has 0 atom stereocenters. The van der Waals surface area contributed by atoms with Gasteiger partial charge in [0.1, 0.15) is 11.5 Å². The smallest absolute Gasteiger partial charge is 0.339 e. The van der Waals surface area contributed by atoms with Crippen LogP contribution in [0.2, 0.25) is 0 Å². The van der Waals surface area contributed by atoms with E-state index in [-0.39, 0.29) is 11.5 Å². The molecular weight excluding hydrogens is 272 g/mol. The molecular formula is C15H16N2O4. The average molecular weight is 288 g/mol. The van der Waals surface area contributed by atoms with Gasteiger partial charge >= 0.3 is 5.97 Å². The van der Waals surface area contributed by atoms with Crippen molar-refractivity contribution in [1.82, 2.24) is 0 Å². The van der Waals surface area contributed by atoms with Gasteiger partial charge in [0.15, 0.2) is 5.66 Å². The van der Waals surface area contributed by atoms with Crippen LogP contribution in [0.25, 0.3) is 0 Å². The fourth-order valence-corrected chi connectivity index (χ4v) is 2.20. The monoisotopic (exact) mass is 288 g/mol. The quantitative estimate of drug-likeness (QED) is 0.532. The van der Waals surface area contributed by atoms with Crippen LogP contribution < -0.4 is 11.5 Å². The van der Waals surface area contributed by atoms with Gasteiger partial charge in [-0.3, -0.25) is 0 Å². The number of phenols is 2. The summed E-state index contributed by atoms with van der Waals surface area (Å²) in [6, 6.07) is 12.0. The van der Waals surface area contributed by atoms with Gasteiger partial charge in [-0.15, -0.1) is 0 Å². The first-order valence-electron chi connectivity index (χ1n) is 6.21. The zero-order chi connectivity index (χ0) is 15.6. The molecule has 110 valence electrons. The zero-order valence-corrected chi connectivity index (χ0v) is 11.1. The summed E-state index contributed by atoms with van der Waals surface area (Å²) in [7, 11) is 0. The highest BCUT2D eigenvalue weighted by atomic mass is 16.4. The van der Waals surface area contributed by atoms with E-state index in [1.165, 1.54) is 24.3 Å². The van der Waals surface area contributed by atoms with Crippen LogP contribution in [0.1, 0.15) is 17.0 Å². The molecule has 21 heavy (non-hydrogen) atoms. The number of carboxylic acids is 1. The van der Waals surface area contributed by atoms with E-state index in [1.54, 1.807) is 24.3 Å². The first-order valence-corrected chi connectivity index (χ1v) is 6.21. The van der Waals surface area contributed by atoms with Crippen molar-refractivity contribution >= 4 is 5.97 Å². The lowest BCUT2D eigenvalue weighted by molar-refractivity contribution is -0.143.